The van der Waals surface area contributed by atoms with Gasteiger partial charge >= 0.3 is 0 Å². The van der Waals surface area contributed by atoms with Crippen molar-refractivity contribution in [1.29, 1.82) is 0 Å². The normalized spacial score (nSPS) is 17.6. The Morgan fingerprint density at radius 2 is 2.15 bits per heavy atom. The Morgan fingerprint density at radius 1 is 1.35 bits per heavy atom. The van der Waals surface area contributed by atoms with Gasteiger partial charge in [-0.3, -0.25) is 0 Å². The van der Waals surface area contributed by atoms with E-state index in [4.69, 9.17) is 4.74 Å². The lowest BCUT2D eigenvalue weighted by atomic mass is 10.1. The smallest absolute Gasteiger partial charge is 0.210 e. The maximum Gasteiger partial charge on any atom is 0.210 e. The lowest BCUT2D eigenvalue weighted by Crippen LogP contribution is -2.29. The maximum atomic E-state index is 5.15. The van der Waals surface area contributed by atoms with Crippen molar-refractivity contribution in [3.05, 3.63) is 41.2 Å². The Kier molecular flexibility index (Phi) is 3.93. The molecule has 0 spiro atoms. The number of aryl methyl sites for hydroxylation is 1. The number of methoxy groups -OCH3 is 1. The van der Waals surface area contributed by atoms with Crippen LogP contribution in [0.25, 0.3) is 0 Å². The van der Waals surface area contributed by atoms with Crippen LogP contribution in [0.1, 0.15) is 29.9 Å². The first kappa shape index (κ1) is 13.5. The molecule has 0 fully saturated rings. The van der Waals surface area contributed by atoms with Crippen LogP contribution in [0.4, 0.5) is 0 Å². The summed E-state index contributed by atoms with van der Waals surface area (Å²) in [6, 6.07) is 9.05. The van der Waals surface area contributed by atoms with Gasteiger partial charge in [-0.05, 0) is 17.5 Å². The monoisotopic (exact) mass is 290 g/mol. The van der Waals surface area contributed by atoms with E-state index in [-0.39, 0.29) is 6.04 Å². The Balaban J connectivity index is 1.81. The fourth-order valence-electron chi connectivity index (χ4n) is 2.25. The van der Waals surface area contributed by atoms with Crippen molar-refractivity contribution in [3.8, 4) is 0 Å². The highest BCUT2D eigenvalue weighted by atomic mass is 32.2. The van der Waals surface area contributed by atoms with Gasteiger partial charge in [0.05, 0.1) is 6.04 Å². The summed E-state index contributed by atoms with van der Waals surface area (Å²) in [4.78, 5) is 0. The molecule has 0 amide bonds. The van der Waals surface area contributed by atoms with Crippen molar-refractivity contribution < 1.29 is 4.74 Å². The molecule has 1 aliphatic heterocycles. The van der Waals surface area contributed by atoms with Gasteiger partial charge in [0.25, 0.3) is 0 Å². The minimum atomic E-state index is 0.269. The van der Waals surface area contributed by atoms with Gasteiger partial charge in [0.15, 0.2) is 5.82 Å². The number of hydrogen-bond donors (Lipinski definition) is 1. The Bertz CT molecular complexity index is 581. The first-order valence-corrected chi connectivity index (χ1v) is 7.71. The van der Waals surface area contributed by atoms with Gasteiger partial charge in [0, 0.05) is 12.9 Å². The largest absolute Gasteiger partial charge is 0.377 e. The third-order valence-corrected chi connectivity index (χ3v) is 4.45. The van der Waals surface area contributed by atoms with Gasteiger partial charge in [-0.2, -0.15) is 0 Å². The minimum absolute atomic E-state index is 0.269. The summed E-state index contributed by atoms with van der Waals surface area (Å²) in [6.45, 7) is 2.63. The summed E-state index contributed by atoms with van der Waals surface area (Å²) in [5, 5.41) is 9.21. The van der Waals surface area contributed by atoms with Gasteiger partial charge in [-0.1, -0.05) is 43.0 Å². The molecular formula is C14H18N4OS. The van der Waals surface area contributed by atoms with Crippen LogP contribution in [-0.4, -0.2) is 27.7 Å². The Morgan fingerprint density at radius 3 is 2.85 bits per heavy atom. The molecule has 0 aliphatic carbocycles. The maximum absolute atomic E-state index is 5.15. The van der Waals surface area contributed by atoms with Crippen molar-refractivity contribution in [2.24, 2.45) is 0 Å². The molecule has 2 aromatic rings. The number of aromatic nitrogens is 3. The van der Waals surface area contributed by atoms with Crippen LogP contribution >= 0.6 is 11.8 Å². The average molecular weight is 290 g/mol. The van der Waals surface area contributed by atoms with Crippen LogP contribution in [-0.2, 0) is 17.8 Å². The van der Waals surface area contributed by atoms with Crippen molar-refractivity contribution in [1.82, 2.24) is 14.9 Å². The SMILES string of the molecule is CCc1ccc(C2CSc3nnc(COC)n3N2)cc1. The van der Waals surface area contributed by atoms with Gasteiger partial charge in [0.2, 0.25) is 5.16 Å². The zero-order valence-corrected chi connectivity index (χ0v) is 12.5. The number of nitrogens with zero attached hydrogens (tertiary/aromatic N) is 3. The third kappa shape index (κ3) is 2.53. The highest BCUT2D eigenvalue weighted by molar-refractivity contribution is 7.99. The predicted molar refractivity (Wildman–Crippen MR) is 79.4 cm³/mol. The summed E-state index contributed by atoms with van der Waals surface area (Å²) in [5.41, 5.74) is 6.13. The van der Waals surface area contributed by atoms with Crippen molar-refractivity contribution >= 4 is 11.8 Å². The number of ether oxygens (including phenoxy) is 1. The molecule has 1 aromatic carbocycles. The summed E-state index contributed by atoms with van der Waals surface area (Å²) >= 11 is 1.72. The van der Waals surface area contributed by atoms with Gasteiger partial charge < -0.3 is 10.2 Å². The van der Waals surface area contributed by atoms with Gasteiger partial charge in [-0.25, -0.2) is 4.68 Å². The van der Waals surface area contributed by atoms with E-state index < -0.39 is 0 Å². The van der Waals surface area contributed by atoms with E-state index in [0.717, 1.165) is 23.2 Å². The summed E-state index contributed by atoms with van der Waals surface area (Å²) in [6.07, 6.45) is 1.07. The Hall–Kier alpha value is -1.53. The van der Waals surface area contributed by atoms with E-state index in [1.807, 2.05) is 4.68 Å². The molecule has 3 rings (SSSR count). The first-order valence-electron chi connectivity index (χ1n) is 6.73. The van der Waals surface area contributed by atoms with Crippen LogP contribution in [0.5, 0.6) is 0 Å². The summed E-state index contributed by atoms with van der Waals surface area (Å²) < 4.78 is 7.09. The quantitative estimate of drug-likeness (QED) is 0.937. The molecule has 6 heteroatoms. The lowest BCUT2D eigenvalue weighted by Gasteiger charge is -2.26. The van der Waals surface area contributed by atoms with E-state index in [1.54, 1.807) is 18.9 Å². The topological polar surface area (TPSA) is 52.0 Å². The number of hydrogen-bond acceptors (Lipinski definition) is 5. The summed E-state index contributed by atoms with van der Waals surface area (Å²) in [5.74, 6) is 1.77. The van der Waals surface area contributed by atoms with Crippen LogP contribution in [0.15, 0.2) is 29.4 Å². The fraction of sp³-hybridized carbons (Fsp3) is 0.429. The second-order valence-electron chi connectivity index (χ2n) is 4.76. The van der Waals surface area contributed by atoms with E-state index in [9.17, 15) is 0 Å². The molecule has 5 nitrogen and oxygen atoms in total. The molecule has 1 aliphatic rings. The average Bonchev–Trinajstić information content (AvgIpc) is 2.90. The molecule has 106 valence electrons. The predicted octanol–water partition coefficient (Wildman–Crippen LogP) is 2.38. The van der Waals surface area contributed by atoms with E-state index in [0.29, 0.717) is 6.61 Å². The standard InChI is InChI=1S/C14H18N4OS/c1-3-10-4-6-11(7-5-10)12-9-20-14-16-15-13(8-19-2)18(14)17-12/h4-7,12,17H,3,8-9H2,1-2H3. The molecule has 1 N–H and O–H groups in total. The van der Waals surface area contributed by atoms with E-state index in [1.165, 1.54) is 11.1 Å². The number of rotatable bonds is 4. The van der Waals surface area contributed by atoms with Crippen LogP contribution in [0, 0.1) is 0 Å². The number of benzene rings is 1. The molecule has 1 aromatic heterocycles. The van der Waals surface area contributed by atoms with Crippen LogP contribution < -0.4 is 5.43 Å². The van der Waals surface area contributed by atoms with E-state index in [2.05, 4.69) is 46.8 Å². The molecule has 2 heterocycles. The van der Waals surface area contributed by atoms with Crippen LogP contribution in [0.2, 0.25) is 0 Å². The molecule has 1 atom stereocenters. The zero-order chi connectivity index (χ0) is 13.9. The molecule has 1 unspecified atom stereocenters. The summed E-state index contributed by atoms with van der Waals surface area (Å²) in [7, 11) is 1.67. The van der Waals surface area contributed by atoms with Gasteiger partial charge in [0.1, 0.15) is 6.61 Å². The zero-order valence-electron chi connectivity index (χ0n) is 11.7. The van der Waals surface area contributed by atoms with Gasteiger partial charge in [-0.15, -0.1) is 10.2 Å². The minimum Gasteiger partial charge on any atom is -0.377 e. The lowest BCUT2D eigenvalue weighted by molar-refractivity contribution is 0.174. The fourth-order valence-corrected chi connectivity index (χ4v) is 3.22. The van der Waals surface area contributed by atoms with Crippen molar-refractivity contribution in [3.63, 3.8) is 0 Å². The molecule has 0 bridgehead atoms. The van der Waals surface area contributed by atoms with E-state index >= 15 is 0 Å². The molecular weight excluding hydrogens is 272 g/mol. The molecule has 0 saturated carbocycles. The highest BCUT2D eigenvalue weighted by Crippen LogP contribution is 2.30. The number of fused-ring (bicyclic) bond motifs is 1. The Labute approximate surface area is 122 Å². The van der Waals surface area contributed by atoms with Crippen LogP contribution in [0.3, 0.4) is 0 Å². The second-order valence-corrected chi connectivity index (χ2v) is 5.74. The highest BCUT2D eigenvalue weighted by Gasteiger charge is 2.23. The molecule has 0 saturated heterocycles. The number of thioether (sulfide) groups is 1. The number of nitrogens with one attached hydrogen (secondary N) is 1. The molecule has 20 heavy (non-hydrogen) atoms. The molecule has 0 radical (unpaired) electrons. The van der Waals surface area contributed by atoms with Crippen molar-refractivity contribution in [2.75, 3.05) is 18.3 Å². The first-order chi connectivity index (χ1) is 9.81. The van der Waals surface area contributed by atoms with Crippen molar-refractivity contribution in [2.45, 2.75) is 31.1 Å². The second kappa shape index (κ2) is 5.85. The third-order valence-electron chi connectivity index (χ3n) is 3.43.